The quantitative estimate of drug-likeness (QED) is 0.214. The molecule has 0 radical (unpaired) electrons. The molecule has 2 aliphatic heterocycles. The third-order valence-corrected chi connectivity index (χ3v) is 9.38. The van der Waals surface area contributed by atoms with Gasteiger partial charge in [-0.1, -0.05) is 54.6 Å². The minimum absolute atomic E-state index is 0.131. The van der Waals surface area contributed by atoms with Crippen molar-refractivity contribution in [2.24, 2.45) is 0 Å². The molecule has 39 heavy (non-hydrogen) atoms. The van der Waals surface area contributed by atoms with Gasteiger partial charge in [-0.3, -0.25) is 4.98 Å². The Labute approximate surface area is 229 Å². The standard InChI is InChI=1S/C35H22N3S/c1-4-14-32-24(8-1)25-19-20-30-33(35(25)39-32)26-9-7-13-31-34(26)38(30)29-12-3-2-11-28(29)37(31)23-17-15-22(16-18-23)27-10-5-6-21-36-27/h1-21,34H/q+1. The number of anilines is 2. The molecule has 3 nitrogen and oxygen atoms in total. The summed E-state index contributed by atoms with van der Waals surface area (Å²) in [4.78, 5) is 7.09. The van der Waals surface area contributed by atoms with Crippen LogP contribution in [0.25, 0.3) is 37.0 Å². The summed E-state index contributed by atoms with van der Waals surface area (Å²) < 4.78 is 5.17. The molecule has 0 fully saturated rings. The molecular formula is C35H22N3S+. The summed E-state index contributed by atoms with van der Waals surface area (Å²) in [6, 6.07) is 37.2. The number of pyridine rings is 1. The lowest BCUT2D eigenvalue weighted by Gasteiger charge is -2.32. The Morgan fingerprint density at radius 2 is 1.59 bits per heavy atom. The summed E-state index contributed by atoms with van der Waals surface area (Å²) in [6.07, 6.45) is 8.69. The first-order valence-corrected chi connectivity index (χ1v) is 14.1. The fourth-order valence-corrected chi connectivity index (χ4v) is 7.81. The molecule has 4 heteroatoms. The van der Waals surface area contributed by atoms with Crippen molar-refractivity contribution in [1.29, 1.82) is 0 Å². The molecule has 0 N–H and O–H groups in total. The Bertz CT molecular complexity index is 2060. The minimum Gasteiger partial charge on any atom is -0.318 e. The van der Waals surface area contributed by atoms with Crippen LogP contribution in [0.1, 0.15) is 5.56 Å². The fraction of sp³-hybridized carbons (Fsp3) is 0.0286. The van der Waals surface area contributed by atoms with Crippen LogP contribution in [0.15, 0.2) is 128 Å². The Morgan fingerprint density at radius 1 is 0.744 bits per heavy atom. The highest BCUT2D eigenvalue weighted by molar-refractivity contribution is 7.26. The van der Waals surface area contributed by atoms with E-state index in [0.717, 1.165) is 16.9 Å². The first-order chi connectivity index (χ1) is 19.4. The maximum Gasteiger partial charge on any atom is 0.235 e. The van der Waals surface area contributed by atoms with Crippen LogP contribution in [-0.2, 0) is 0 Å². The molecule has 1 atom stereocenters. The van der Waals surface area contributed by atoms with Crippen molar-refractivity contribution in [1.82, 2.24) is 9.56 Å². The maximum absolute atomic E-state index is 4.54. The van der Waals surface area contributed by atoms with Gasteiger partial charge < -0.3 is 4.90 Å². The SMILES string of the molecule is C1=CC2=[N+](c3ccc(-c4ccccn4)cc3)c3ccccc3N3c4ccc5c(sc6ccccc65)c4C(=C1)C23. The van der Waals surface area contributed by atoms with E-state index in [1.54, 1.807) is 0 Å². The first kappa shape index (κ1) is 21.2. The van der Waals surface area contributed by atoms with Gasteiger partial charge in [-0.15, -0.1) is 11.3 Å². The predicted octanol–water partition coefficient (Wildman–Crippen LogP) is 8.88. The molecule has 0 bridgehead atoms. The van der Waals surface area contributed by atoms with Crippen molar-refractivity contribution < 1.29 is 0 Å². The molecule has 0 saturated carbocycles. The average Bonchev–Trinajstić information content (AvgIpc) is 3.55. The number of allylic oxidation sites excluding steroid dienone is 2. The van der Waals surface area contributed by atoms with Gasteiger partial charge in [0.15, 0.2) is 0 Å². The zero-order valence-corrected chi connectivity index (χ0v) is 21.8. The van der Waals surface area contributed by atoms with Gasteiger partial charge in [0.2, 0.25) is 17.1 Å². The molecule has 4 aromatic carbocycles. The summed E-state index contributed by atoms with van der Waals surface area (Å²) in [7, 11) is 0. The number of rotatable bonds is 2. The fourth-order valence-electron chi connectivity index (χ4n) is 6.55. The lowest BCUT2D eigenvalue weighted by molar-refractivity contribution is 0.931. The van der Waals surface area contributed by atoms with Gasteiger partial charge in [-0.25, -0.2) is 0 Å². The first-order valence-electron chi connectivity index (χ1n) is 13.3. The van der Waals surface area contributed by atoms with Gasteiger partial charge in [-0.05, 0) is 48.0 Å². The largest absolute Gasteiger partial charge is 0.318 e. The molecule has 2 aromatic heterocycles. The Balaban J connectivity index is 1.28. The van der Waals surface area contributed by atoms with Crippen molar-refractivity contribution >= 4 is 65.5 Å². The molecule has 182 valence electrons. The van der Waals surface area contributed by atoms with Crippen LogP contribution in [0.3, 0.4) is 0 Å². The molecule has 0 saturated heterocycles. The zero-order valence-electron chi connectivity index (χ0n) is 21.0. The predicted molar refractivity (Wildman–Crippen MR) is 165 cm³/mol. The highest BCUT2D eigenvalue weighted by atomic mass is 32.1. The van der Waals surface area contributed by atoms with Crippen LogP contribution in [-0.4, -0.2) is 16.7 Å². The number of hydrogen-bond donors (Lipinski definition) is 0. The number of fused-ring (bicyclic) bond motifs is 9. The third-order valence-electron chi connectivity index (χ3n) is 8.18. The van der Waals surface area contributed by atoms with Crippen LogP contribution in [0.5, 0.6) is 0 Å². The molecule has 4 heterocycles. The van der Waals surface area contributed by atoms with E-state index in [1.165, 1.54) is 54.1 Å². The second kappa shape index (κ2) is 7.85. The number of aromatic nitrogens is 1. The van der Waals surface area contributed by atoms with Crippen LogP contribution in [0.4, 0.5) is 22.7 Å². The van der Waals surface area contributed by atoms with E-state index < -0.39 is 0 Å². The Morgan fingerprint density at radius 3 is 2.49 bits per heavy atom. The smallest absolute Gasteiger partial charge is 0.235 e. The van der Waals surface area contributed by atoms with E-state index in [2.05, 4.69) is 124 Å². The highest BCUT2D eigenvalue weighted by Crippen LogP contribution is 2.55. The molecule has 9 rings (SSSR count). The number of benzene rings is 4. The van der Waals surface area contributed by atoms with E-state index in [1.807, 2.05) is 29.7 Å². The Hall–Kier alpha value is -4.80. The molecular weight excluding hydrogens is 494 g/mol. The van der Waals surface area contributed by atoms with Gasteiger partial charge in [0, 0.05) is 61.8 Å². The van der Waals surface area contributed by atoms with Crippen molar-refractivity contribution in [2.75, 3.05) is 4.90 Å². The summed E-state index contributed by atoms with van der Waals surface area (Å²) in [5.74, 6) is 0. The van der Waals surface area contributed by atoms with Gasteiger partial charge in [0.25, 0.3) is 0 Å². The topological polar surface area (TPSA) is 19.1 Å². The molecule has 1 unspecified atom stereocenters. The summed E-state index contributed by atoms with van der Waals surface area (Å²) in [6.45, 7) is 0. The lowest BCUT2D eigenvalue weighted by Crippen LogP contribution is -2.43. The van der Waals surface area contributed by atoms with Crippen molar-refractivity contribution in [2.45, 2.75) is 6.04 Å². The van der Waals surface area contributed by atoms with Crippen molar-refractivity contribution in [3.05, 3.63) is 133 Å². The van der Waals surface area contributed by atoms with E-state index in [4.69, 9.17) is 0 Å². The highest BCUT2D eigenvalue weighted by Gasteiger charge is 2.49. The Kier molecular flexibility index (Phi) is 4.26. The molecule has 3 aliphatic rings. The lowest BCUT2D eigenvalue weighted by atomic mass is 9.91. The van der Waals surface area contributed by atoms with E-state index in [0.29, 0.717) is 0 Å². The number of hydrogen-bond acceptors (Lipinski definition) is 3. The van der Waals surface area contributed by atoms with E-state index in [9.17, 15) is 0 Å². The normalized spacial score (nSPS) is 16.9. The van der Waals surface area contributed by atoms with Gasteiger partial charge in [0.05, 0.1) is 11.4 Å². The van der Waals surface area contributed by atoms with Crippen LogP contribution in [0.2, 0.25) is 0 Å². The van der Waals surface area contributed by atoms with Gasteiger partial charge in [0.1, 0.15) is 11.7 Å². The average molecular weight is 517 g/mol. The van der Waals surface area contributed by atoms with Crippen LogP contribution in [0, 0.1) is 0 Å². The summed E-state index contributed by atoms with van der Waals surface area (Å²) in [5, 5.41) is 2.69. The number of thiophene rings is 1. The van der Waals surface area contributed by atoms with Crippen LogP contribution >= 0.6 is 11.3 Å². The second-order valence-corrected chi connectivity index (χ2v) is 11.3. The van der Waals surface area contributed by atoms with Crippen LogP contribution < -0.4 is 9.48 Å². The van der Waals surface area contributed by atoms with Gasteiger partial charge >= 0.3 is 0 Å². The van der Waals surface area contributed by atoms with Gasteiger partial charge in [-0.2, -0.15) is 4.58 Å². The van der Waals surface area contributed by atoms with E-state index >= 15 is 0 Å². The maximum atomic E-state index is 4.54. The monoisotopic (exact) mass is 516 g/mol. The number of para-hydroxylation sites is 2. The molecule has 0 amide bonds. The van der Waals surface area contributed by atoms with Crippen molar-refractivity contribution in [3.8, 4) is 11.3 Å². The minimum atomic E-state index is 0.131. The van der Waals surface area contributed by atoms with E-state index in [-0.39, 0.29) is 6.04 Å². The summed E-state index contributed by atoms with van der Waals surface area (Å²) >= 11 is 1.91. The summed E-state index contributed by atoms with van der Waals surface area (Å²) in [5.41, 5.74) is 11.0. The third kappa shape index (κ3) is 2.87. The zero-order chi connectivity index (χ0) is 25.5. The number of nitrogens with zero attached hydrogens (tertiary/aromatic N) is 3. The second-order valence-electron chi connectivity index (χ2n) is 10.2. The molecule has 0 spiro atoms. The molecule has 1 aliphatic carbocycles. The molecule has 6 aromatic rings. The van der Waals surface area contributed by atoms with Crippen molar-refractivity contribution in [3.63, 3.8) is 0 Å².